The van der Waals surface area contributed by atoms with Crippen molar-refractivity contribution in [2.45, 2.75) is 33.4 Å². The Morgan fingerprint density at radius 2 is 1.89 bits per heavy atom. The molecule has 0 radical (unpaired) electrons. The topological polar surface area (TPSA) is 50.8 Å². The van der Waals surface area contributed by atoms with Crippen molar-refractivity contribution >= 4 is 6.03 Å². The number of halogens is 1. The molecule has 0 spiro atoms. The molecule has 3 rings (SSSR count). The lowest BCUT2D eigenvalue weighted by atomic mass is 9.95. The Bertz CT molecular complexity index is 825. The Labute approximate surface area is 165 Å². The van der Waals surface area contributed by atoms with Crippen LogP contribution in [-0.2, 0) is 6.54 Å². The van der Waals surface area contributed by atoms with Gasteiger partial charge in [0.1, 0.15) is 19.0 Å². The first-order chi connectivity index (χ1) is 13.5. The Kier molecular flexibility index (Phi) is 6.39. The largest absolute Gasteiger partial charge is 0.486 e. The molecule has 150 valence electrons. The average Bonchev–Trinajstić information content (AvgIpc) is 2.69. The number of nitrogens with zero attached hydrogens (tertiary/aromatic N) is 1. The minimum absolute atomic E-state index is 0.176. The number of amides is 2. The van der Waals surface area contributed by atoms with Gasteiger partial charge in [-0.2, -0.15) is 0 Å². The first-order valence-corrected chi connectivity index (χ1v) is 9.67. The molecule has 5 nitrogen and oxygen atoms in total. The molecule has 0 saturated carbocycles. The van der Waals surface area contributed by atoms with E-state index in [2.05, 4.69) is 19.2 Å². The zero-order chi connectivity index (χ0) is 20.1. The third-order valence-electron chi connectivity index (χ3n) is 4.80. The molecule has 1 aliphatic rings. The Hall–Kier alpha value is -2.76. The number of nitrogens with one attached hydrogen (secondary N) is 1. The molecule has 2 aromatic carbocycles. The third kappa shape index (κ3) is 4.74. The van der Waals surface area contributed by atoms with Crippen LogP contribution in [0.25, 0.3) is 0 Å². The first kappa shape index (κ1) is 20.0. The van der Waals surface area contributed by atoms with Crippen LogP contribution < -0.4 is 14.8 Å². The van der Waals surface area contributed by atoms with Crippen molar-refractivity contribution in [3.05, 3.63) is 59.4 Å². The molecule has 28 heavy (non-hydrogen) atoms. The zero-order valence-corrected chi connectivity index (χ0v) is 16.6. The Balaban J connectivity index is 1.74. The van der Waals surface area contributed by atoms with E-state index in [9.17, 15) is 9.18 Å². The number of hydrogen-bond donors (Lipinski definition) is 1. The summed E-state index contributed by atoms with van der Waals surface area (Å²) in [6.45, 7) is 7.97. The quantitative estimate of drug-likeness (QED) is 0.794. The van der Waals surface area contributed by atoms with Crippen molar-refractivity contribution in [2.24, 2.45) is 5.92 Å². The summed E-state index contributed by atoms with van der Waals surface area (Å²) in [4.78, 5) is 14.6. The normalized spacial score (nSPS) is 13.9. The number of hydrogen-bond acceptors (Lipinski definition) is 3. The van der Waals surface area contributed by atoms with Gasteiger partial charge in [0.2, 0.25) is 0 Å². The molecule has 0 aliphatic carbocycles. The SMILES string of the molecule is CCN(Cc1cccc(F)c1)C(=O)NC(c1ccc2c(c1)OCCO2)C(C)C. The fraction of sp³-hybridized carbons (Fsp3) is 0.409. The van der Waals surface area contributed by atoms with E-state index in [1.54, 1.807) is 11.0 Å². The summed E-state index contributed by atoms with van der Waals surface area (Å²) in [5.74, 6) is 1.31. The summed E-state index contributed by atoms with van der Waals surface area (Å²) in [5.41, 5.74) is 1.73. The molecule has 1 N–H and O–H groups in total. The lowest BCUT2D eigenvalue weighted by Gasteiger charge is -2.29. The number of carbonyl (C=O) groups is 1. The number of carbonyl (C=O) groups excluding carboxylic acids is 1. The molecular formula is C22H27FN2O3. The molecule has 0 bridgehead atoms. The summed E-state index contributed by atoms with van der Waals surface area (Å²) in [6.07, 6.45) is 0. The highest BCUT2D eigenvalue weighted by Gasteiger charge is 2.23. The molecule has 6 heteroatoms. The van der Waals surface area contributed by atoms with E-state index in [1.807, 2.05) is 31.2 Å². The molecule has 2 aromatic rings. The van der Waals surface area contributed by atoms with Crippen LogP contribution in [0.4, 0.5) is 9.18 Å². The van der Waals surface area contributed by atoms with Gasteiger partial charge in [-0.1, -0.05) is 32.0 Å². The molecule has 0 saturated heterocycles. The highest BCUT2D eigenvalue weighted by molar-refractivity contribution is 5.74. The van der Waals surface area contributed by atoms with E-state index < -0.39 is 0 Å². The molecule has 0 aromatic heterocycles. The van der Waals surface area contributed by atoms with Crippen molar-refractivity contribution in [3.63, 3.8) is 0 Å². The van der Waals surface area contributed by atoms with E-state index in [-0.39, 0.29) is 23.8 Å². The van der Waals surface area contributed by atoms with Crippen molar-refractivity contribution in [3.8, 4) is 11.5 Å². The van der Waals surface area contributed by atoms with Crippen LogP contribution in [0.3, 0.4) is 0 Å². The number of ether oxygens (including phenoxy) is 2. The highest BCUT2D eigenvalue weighted by Crippen LogP contribution is 2.34. The highest BCUT2D eigenvalue weighted by atomic mass is 19.1. The lowest BCUT2D eigenvalue weighted by molar-refractivity contribution is 0.171. The van der Waals surface area contributed by atoms with Gasteiger partial charge >= 0.3 is 6.03 Å². The van der Waals surface area contributed by atoms with E-state index >= 15 is 0 Å². The summed E-state index contributed by atoms with van der Waals surface area (Å²) >= 11 is 0. The molecule has 1 unspecified atom stereocenters. The van der Waals surface area contributed by atoms with Crippen LogP contribution in [0.15, 0.2) is 42.5 Å². The van der Waals surface area contributed by atoms with Crippen molar-refractivity contribution < 1.29 is 18.7 Å². The first-order valence-electron chi connectivity index (χ1n) is 9.67. The van der Waals surface area contributed by atoms with Gasteiger partial charge in [0.15, 0.2) is 11.5 Å². The molecule has 0 fully saturated rings. The molecule has 1 heterocycles. The maximum atomic E-state index is 13.5. The van der Waals surface area contributed by atoms with Gasteiger partial charge < -0.3 is 19.7 Å². The van der Waals surface area contributed by atoms with Crippen LogP contribution in [0.1, 0.15) is 37.9 Å². The van der Waals surface area contributed by atoms with E-state index in [4.69, 9.17) is 9.47 Å². The average molecular weight is 386 g/mol. The van der Waals surface area contributed by atoms with Crippen molar-refractivity contribution in [2.75, 3.05) is 19.8 Å². The van der Waals surface area contributed by atoms with Gasteiger partial charge in [-0.25, -0.2) is 9.18 Å². The van der Waals surface area contributed by atoms with Gasteiger partial charge in [-0.15, -0.1) is 0 Å². The second kappa shape index (κ2) is 8.95. The van der Waals surface area contributed by atoms with Crippen LogP contribution in [0.2, 0.25) is 0 Å². The predicted molar refractivity (Wildman–Crippen MR) is 106 cm³/mol. The second-order valence-electron chi connectivity index (χ2n) is 7.22. The lowest BCUT2D eigenvalue weighted by Crippen LogP contribution is -2.42. The summed E-state index contributed by atoms with van der Waals surface area (Å²) < 4.78 is 24.7. The van der Waals surface area contributed by atoms with Crippen molar-refractivity contribution in [1.29, 1.82) is 0 Å². The second-order valence-corrected chi connectivity index (χ2v) is 7.22. The minimum atomic E-state index is -0.301. The monoisotopic (exact) mass is 386 g/mol. The fourth-order valence-electron chi connectivity index (χ4n) is 3.30. The third-order valence-corrected chi connectivity index (χ3v) is 4.80. The Morgan fingerprint density at radius 3 is 2.57 bits per heavy atom. The van der Waals surface area contributed by atoms with Crippen LogP contribution in [-0.4, -0.2) is 30.7 Å². The minimum Gasteiger partial charge on any atom is -0.486 e. The fourth-order valence-corrected chi connectivity index (χ4v) is 3.30. The smallest absolute Gasteiger partial charge is 0.318 e. The number of benzene rings is 2. The van der Waals surface area contributed by atoms with Gasteiger partial charge in [0.05, 0.1) is 6.04 Å². The van der Waals surface area contributed by atoms with Crippen molar-refractivity contribution in [1.82, 2.24) is 10.2 Å². The van der Waals surface area contributed by atoms with E-state index in [1.165, 1.54) is 12.1 Å². The van der Waals surface area contributed by atoms with Gasteiger partial charge in [-0.05, 0) is 48.2 Å². The maximum Gasteiger partial charge on any atom is 0.318 e. The van der Waals surface area contributed by atoms with E-state index in [0.29, 0.717) is 32.1 Å². The molecule has 2 amide bonds. The number of urea groups is 1. The van der Waals surface area contributed by atoms with Crippen LogP contribution in [0.5, 0.6) is 11.5 Å². The van der Waals surface area contributed by atoms with Crippen LogP contribution in [0, 0.1) is 11.7 Å². The molecule has 1 aliphatic heterocycles. The summed E-state index contributed by atoms with van der Waals surface area (Å²) in [6, 6.07) is 11.7. The maximum absolute atomic E-state index is 13.5. The standard InChI is InChI=1S/C22H27FN2O3/c1-4-25(14-16-6-5-7-18(23)12-16)22(26)24-21(15(2)3)17-8-9-19-20(13-17)28-11-10-27-19/h5-9,12-13,15,21H,4,10-11,14H2,1-3H3,(H,24,26). The van der Waals surface area contributed by atoms with Gasteiger partial charge in [0.25, 0.3) is 0 Å². The Morgan fingerprint density at radius 1 is 1.14 bits per heavy atom. The van der Waals surface area contributed by atoms with Gasteiger partial charge in [0, 0.05) is 13.1 Å². The van der Waals surface area contributed by atoms with E-state index in [0.717, 1.165) is 16.9 Å². The number of rotatable bonds is 6. The number of fused-ring (bicyclic) bond motifs is 1. The molecular weight excluding hydrogens is 359 g/mol. The van der Waals surface area contributed by atoms with Crippen LogP contribution >= 0.6 is 0 Å². The predicted octanol–water partition coefficient (Wildman–Crippen LogP) is 4.53. The molecule has 1 atom stereocenters. The zero-order valence-electron chi connectivity index (χ0n) is 16.6. The summed E-state index contributed by atoms with van der Waals surface area (Å²) in [5, 5.41) is 3.12. The summed E-state index contributed by atoms with van der Waals surface area (Å²) in [7, 11) is 0. The van der Waals surface area contributed by atoms with Gasteiger partial charge in [-0.3, -0.25) is 0 Å².